The second kappa shape index (κ2) is 7.10. The zero-order valence-corrected chi connectivity index (χ0v) is 8.08. The molecule has 0 aromatic heterocycles. The molecule has 0 bridgehead atoms. The van der Waals surface area contributed by atoms with Gasteiger partial charge in [-0.2, -0.15) is 0 Å². The summed E-state index contributed by atoms with van der Waals surface area (Å²) in [6.07, 6.45) is -5.88. The van der Waals surface area contributed by atoms with Gasteiger partial charge in [0, 0.05) is 6.61 Å². The number of rotatable bonds is 7. The van der Waals surface area contributed by atoms with Gasteiger partial charge in [-0.3, -0.25) is 0 Å². The molecule has 0 aliphatic rings. The van der Waals surface area contributed by atoms with Gasteiger partial charge in [-0.05, 0) is 6.92 Å². The summed E-state index contributed by atoms with van der Waals surface area (Å²) < 4.78 is 4.81. The van der Waals surface area contributed by atoms with Crippen molar-refractivity contribution in [1.82, 2.24) is 0 Å². The maximum atomic E-state index is 9.26. The quantitative estimate of drug-likeness (QED) is 0.316. The van der Waals surface area contributed by atoms with Crippen LogP contribution in [0.4, 0.5) is 0 Å². The van der Waals surface area contributed by atoms with Gasteiger partial charge in [-0.1, -0.05) is 0 Å². The Hall–Kier alpha value is -0.240. The third-order valence-corrected chi connectivity index (χ3v) is 1.82. The molecule has 0 amide bonds. The smallest absolute Gasteiger partial charge is 0.111 e. The molecule has 0 spiro atoms. The largest absolute Gasteiger partial charge is 0.394 e. The zero-order valence-electron chi connectivity index (χ0n) is 8.08. The molecular weight excluding hydrogens is 192 g/mol. The van der Waals surface area contributed by atoms with E-state index in [-0.39, 0.29) is 6.61 Å². The Kier molecular flexibility index (Phi) is 6.98. The Labute approximate surface area is 82.4 Å². The Balaban J connectivity index is 3.95. The number of aliphatic hydroxyl groups is 5. The van der Waals surface area contributed by atoms with E-state index in [9.17, 15) is 15.3 Å². The van der Waals surface area contributed by atoms with Gasteiger partial charge in [0.2, 0.25) is 0 Å². The zero-order chi connectivity index (χ0) is 11.1. The van der Waals surface area contributed by atoms with Gasteiger partial charge in [0.1, 0.15) is 24.4 Å². The van der Waals surface area contributed by atoms with Crippen molar-refractivity contribution < 1.29 is 30.3 Å². The summed E-state index contributed by atoms with van der Waals surface area (Å²) in [5, 5.41) is 45.1. The van der Waals surface area contributed by atoms with Gasteiger partial charge in [0.15, 0.2) is 0 Å². The molecule has 4 atom stereocenters. The van der Waals surface area contributed by atoms with Crippen LogP contribution in [-0.2, 0) is 4.74 Å². The molecule has 0 aromatic carbocycles. The summed E-state index contributed by atoms with van der Waals surface area (Å²) in [5.41, 5.74) is 0. The molecule has 0 aromatic rings. The van der Waals surface area contributed by atoms with Crippen molar-refractivity contribution in [2.75, 3.05) is 19.8 Å². The molecule has 0 rings (SSSR count). The van der Waals surface area contributed by atoms with Gasteiger partial charge in [0.05, 0.1) is 13.2 Å². The molecule has 14 heavy (non-hydrogen) atoms. The molecule has 0 aliphatic carbocycles. The third kappa shape index (κ3) is 4.32. The highest BCUT2D eigenvalue weighted by atomic mass is 16.5. The molecule has 0 unspecified atom stereocenters. The van der Waals surface area contributed by atoms with Crippen LogP contribution in [0.15, 0.2) is 0 Å². The van der Waals surface area contributed by atoms with Crippen LogP contribution < -0.4 is 0 Å². The minimum Gasteiger partial charge on any atom is -0.394 e. The monoisotopic (exact) mass is 210 g/mol. The topological polar surface area (TPSA) is 110 Å². The Bertz CT molecular complexity index is 142. The molecule has 86 valence electrons. The van der Waals surface area contributed by atoms with Crippen LogP contribution in [0.5, 0.6) is 0 Å². The predicted octanol–water partition coefficient (Wildman–Crippen LogP) is -2.54. The predicted molar refractivity (Wildman–Crippen MR) is 47.6 cm³/mol. The lowest BCUT2D eigenvalue weighted by Crippen LogP contribution is -2.47. The molecule has 0 saturated heterocycles. The number of hydrogen-bond acceptors (Lipinski definition) is 6. The fourth-order valence-corrected chi connectivity index (χ4v) is 0.900. The second-order valence-corrected chi connectivity index (χ2v) is 2.96. The maximum Gasteiger partial charge on any atom is 0.111 e. The molecule has 0 fully saturated rings. The summed E-state index contributed by atoms with van der Waals surface area (Å²) in [5.74, 6) is 0. The van der Waals surface area contributed by atoms with Crippen LogP contribution in [-0.4, -0.2) is 69.8 Å². The first-order valence-electron chi connectivity index (χ1n) is 4.45. The van der Waals surface area contributed by atoms with Crippen molar-refractivity contribution >= 4 is 0 Å². The lowest BCUT2D eigenvalue weighted by atomic mass is 10.0. The SMILES string of the molecule is CCOC[C@H](O)[C@H](O)[C@@H](O)[C@H](O)CO. The first kappa shape index (κ1) is 13.8. The molecule has 0 aliphatic heterocycles. The van der Waals surface area contributed by atoms with E-state index < -0.39 is 31.0 Å². The fourth-order valence-electron chi connectivity index (χ4n) is 0.900. The Morgan fingerprint density at radius 3 is 1.93 bits per heavy atom. The molecular formula is C8H18O6. The van der Waals surface area contributed by atoms with E-state index in [2.05, 4.69) is 0 Å². The summed E-state index contributed by atoms with van der Waals surface area (Å²) in [7, 11) is 0. The van der Waals surface area contributed by atoms with Gasteiger partial charge >= 0.3 is 0 Å². The Morgan fingerprint density at radius 1 is 1.00 bits per heavy atom. The van der Waals surface area contributed by atoms with E-state index in [4.69, 9.17) is 14.9 Å². The van der Waals surface area contributed by atoms with Crippen molar-refractivity contribution in [1.29, 1.82) is 0 Å². The second-order valence-electron chi connectivity index (χ2n) is 2.96. The highest BCUT2D eigenvalue weighted by molar-refractivity contribution is 4.80. The average molecular weight is 210 g/mol. The highest BCUT2D eigenvalue weighted by Crippen LogP contribution is 2.05. The maximum absolute atomic E-state index is 9.26. The van der Waals surface area contributed by atoms with Gasteiger partial charge in [0.25, 0.3) is 0 Å². The van der Waals surface area contributed by atoms with Crippen LogP contribution >= 0.6 is 0 Å². The summed E-state index contributed by atoms with van der Waals surface area (Å²) in [6, 6.07) is 0. The lowest BCUT2D eigenvalue weighted by Gasteiger charge is -2.25. The number of ether oxygens (including phenoxy) is 1. The number of hydrogen-bond donors (Lipinski definition) is 5. The number of aliphatic hydroxyl groups excluding tert-OH is 5. The van der Waals surface area contributed by atoms with E-state index in [1.165, 1.54) is 0 Å². The third-order valence-electron chi connectivity index (χ3n) is 1.82. The van der Waals surface area contributed by atoms with E-state index in [1.54, 1.807) is 6.92 Å². The normalized spacial score (nSPS) is 20.1. The van der Waals surface area contributed by atoms with Crippen LogP contribution in [0.3, 0.4) is 0 Å². The molecule has 0 saturated carbocycles. The molecule has 6 nitrogen and oxygen atoms in total. The first-order valence-corrected chi connectivity index (χ1v) is 4.45. The molecule has 0 radical (unpaired) electrons. The lowest BCUT2D eigenvalue weighted by molar-refractivity contribution is -0.128. The Morgan fingerprint density at radius 2 is 1.50 bits per heavy atom. The molecule has 0 heterocycles. The standard InChI is InChI=1S/C8H18O6/c1-2-14-4-6(11)8(13)7(12)5(10)3-9/h5-13H,2-4H2,1H3/t5-,6+,7+,8+/m1/s1. The van der Waals surface area contributed by atoms with Crippen molar-refractivity contribution in [3.05, 3.63) is 0 Å². The van der Waals surface area contributed by atoms with E-state index >= 15 is 0 Å². The van der Waals surface area contributed by atoms with E-state index in [0.29, 0.717) is 6.61 Å². The summed E-state index contributed by atoms with van der Waals surface area (Å²) in [6.45, 7) is 1.28. The van der Waals surface area contributed by atoms with Gasteiger partial charge < -0.3 is 30.3 Å². The van der Waals surface area contributed by atoms with Gasteiger partial charge in [-0.15, -0.1) is 0 Å². The van der Waals surface area contributed by atoms with Crippen molar-refractivity contribution in [2.45, 2.75) is 31.3 Å². The minimum atomic E-state index is -1.59. The highest BCUT2D eigenvalue weighted by Gasteiger charge is 2.29. The average Bonchev–Trinajstić information content (AvgIpc) is 2.22. The van der Waals surface area contributed by atoms with E-state index in [0.717, 1.165) is 0 Å². The van der Waals surface area contributed by atoms with Crippen LogP contribution in [0.25, 0.3) is 0 Å². The molecule has 6 heteroatoms. The molecule has 5 N–H and O–H groups in total. The van der Waals surface area contributed by atoms with Crippen LogP contribution in [0.1, 0.15) is 6.92 Å². The summed E-state index contributed by atoms with van der Waals surface area (Å²) in [4.78, 5) is 0. The van der Waals surface area contributed by atoms with Crippen LogP contribution in [0, 0.1) is 0 Å². The minimum absolute atomic E-state index is 0.132. The summed E-state index contributed by atoms with van der Waals surface area (Å²) >= 11 is 0. The van der Waals surface area contributed by atoms with Gasteiger partial charge in [-0.25, -0.2) is 0 Å². The first-order chi connectivity index (χ1) is 6.54. The van der Waals surface area contributed by atoms with Crippen molar-refractivity contribution in [3.8, 4) is 0 Å². The van der Waals surface area contributed by atoms with Crippen molar-refractivity contribution in [2.24, 2.45) is 0 Å². The van der Waals surface area contributed by atoms with Crippen LogP contribution in [0.2, 0.25) is 0 Å². The van der Waals surface area contributed by atoms with E-state index in [1.807, 2.05) is 0 Å². The van der Waals surface area contributed by atoms with Crippen molar-refractivity contribution in [3.63, 3.8) is 0 Å². The fraction of sp³-hybridized carbons (Fsp3) is 1.00.